The third-order valence-electron chi connectivity index (χ3n) is 8.68. The maximum absolute atomic E-state index is 14.0. The van der Waals surface area contributed by atoms with Gasteiger partial charge in [0.1, 0.15) is 10.7 Å². The molecular weight excluding hydrogens is 694 g/mol. The van der Waals surface area contributed by atoms with Crippen LogP contribution in [0.15, 0.2) is 82.1 Å². The number of hydrogen-bond acceptors (Lipinski definition) is 7. The van der Waals surface area contributed by atoms with Gasteiger partial charge in [0, 0.05) is 49.0 Å². The van der Waals surface area contributed by atoms with E-state index in [9.17, 15) is 39.2 Å². The summed E-state index contributed by atoms with van der Waals surface area (Å²) in [4.78, 5) is 14.4. The summed E-state index contributed by atoms with van der Waals surface area (Å²) in [6, 6.07) is 15.0. The fourth-order valence-corrected chi connectivity index (χ4v) is 8.10. The summed E-state index contributed by atoms with van der Waals surface area (Å²) in [5.41, 5.74) is -0.864. The molecule has 0 atom stereocenters. The van der Waals surface area contributed by atoms with E-state index < -0.39 is 46.9 Å². The minimum Gasteiger partial charge on any atom is -0.369 e. The van der Waals surface area contributed by atoms with E-state index >= 15 is 0 Å². The second kappa shape index (κ2) is 13.4. The van der Waals surface area contributed by atoms with Gasteiger partial charge in [-0.25, -0.2) is 25.9 Å². The average Bonchev–Trinajstić information content (AvgIpc) is 3.01. The standard InChI is InChI=1S/C33H34ClF4N3O5S2/c1-32(2)14-13-28(22-3-7-25(34)8-4-22)24(20-32)21-40-15-17-41(18-16-40)26-9-5-23(6-10-26)31(42)39-48(45,46)27-11-12-29(35)30(19-27)47(43,44)33(36,37)38/h3-12,19H,13-18,20-21H2,1-2H3,(H,39,42). The molecule has 1 saturated heterocycles. The van der Waals surface area contributed by atoms with Gasteiger partial charge in [0.25, 0.3) is 25.8 Å². The molecule has 5 rings (SSSR count). The van der Waals surface area contributed by atoms with E-state index in [0.29, 0.717) is 11.1 Å². The van der Waals surface area contributed by atoms with Crippen molar-refractivity contribution in [3.05, 3.63) is 94.3 Å². The van der Waals surface area contributed by atoms with Crippen LogP contribution in [0.4, 0.5) is 23.2 Å². The smallest absolute Gasteiger partial charge is 0.369 e. The lowest BCUT2D eigenvalue weighted by Crippen LogP contribution is -2.47. The van der Waals surface area contributed by atoms with Crippen LogP contribution in [0.1, 0.15) is 49.0 Å². The minimum atomic E-state index is -6.18. The SMILES string of the molecule is CC1(C)CCC(c2ccc(Cl)cc2)=C(CN2CCN(c3ccc(C(=O)NS(=O)(=O)c4ccc(F)c(S(=O)(=O)C(F)(F)F)c4)cc3)CC2)C1. The van der Waals surface area contributed by atoms with Crippen LogP contribution in [-0.2, 0) is 19.9 Å². The molecule has 1 fully saturated rings. The van der Waals surface area contributed by atoms with E-state index in [1.165, 1.54) is 28.8 Å². The molecule has 258 valence electrons. The van der Waals surface area contributed by atoms with Gasteiger partial charge in [0.15, 0.2) is 0 Å². The number of sulfonamides is 1. The number of nitrogens with one attached hydrogen (secondary N) is 1. The maximum atomic E-state index is 14.0. The van der Waals surface area contributed by atoms with E-state index in [-0.39, 0.29) is 23.1 Å². The molecule has 1 N–H and O–H groups in total. The normalized spacial score (nSPS) is 17.8. The van der Waals surface area contributed by atoms with E-state index in [1.807, 2.05) is 12.1 Å². The Morgan fingerprint density at radius 3 is 2.15 bits per heavy atom. The Hall–Kier alpha value is -3.46. The number of nitrogens with zero attached hydrogens (tertiary/aromatic N) is 2. The molecule has 1 aliphatic heterocycles. The molecule has 8 nitrogen and oxygen atoms in total. The summed E-state index contributed by atoms with van der Waals surface area (Å²) in [5, 5.41) is 0.706. The highest BCUT2D eigenvalue weighted by atomic mass is 35.5. The van der Waals surface area contributed by atoms with Gasteiger partial charge in [-0.1, -0.05) is 43.2 Å². The minimum absolute atomic E-state index is 0.0285. The second-order valence-corrected chi connectivity index (χ2v) is 16.7. The van der Waals surface area contributed by atoms with Gasteiger partial charge in [-0.3, -0.25) is 9.69 Å². The first-order chi connectivity index (χ1) is 22.4. The lowest BCUT2D eigenvalue weighted by molar-refractivity contribution is -0.0438. The zero-order valence-corrected chi connectivity index (χ0v) is 28.5. The van der Waals surface area contributed by atoms with Gasteiger partial charge in [0.2, 0.25) is 0 Å². The van der Waals surface area contributed by atoms with Gasteiger partial charge >= 0.3 is 5.51 Å². The Bertz CT molecular complexity index is 1940. The lowest BCUT2D eigenvalue weighted by atomic mass is 9.73. The predicted molar refractivity (Wildman–Crippen MR) is 175 cm³/mol. The van der Waals surface area contributed by atoms with Crippen LogP contribution < -0.4 is 9.62 Å². The van der Waals surface area contributed by atoms with Crippen LogP contribution in [-0.4, -0.2) is 65.9 Å². The zero-order chi connectivity index (χ0) is 35.1. The van der Waals surface area contributed by atoms with E-state index in [4.69, 9.17) is 11.6 Å². The topological polar surface area (TPSA) is 104 Å². The van der Waals surface area contributed by atoms with Gasteiger partial charge < -0.3 is 4.90 Å². The van der Waals surface area contributed by atoms with Crippen molar-refractivity contribution in [2.24, 2.45) is 5.41 Å². The van der Waals surface area contributed by atoms with Crippen LogP contribution in [0.3, 0.4) is 0 Å². The molecule has 3 aromatic rings. The number of carbonyl (C=O) groups excluding carboxylic acids is 1. The number of rotatable bonds is 8. The van der Waals surface area contributed by atoms with Gasteiger partial charge in [-0.05, 0) is 90.4 Å². The molecular formula is C33H34ClF4N3O5S2. The van der Waals surface area contributed by atoms with E-state index in [2.05, 4.69) is 35.8 Å². The largest absolute Gasteiger partial charge is 0.502 e. The molecule has 0 spiro atoms. The molecule has 2 aliphatic rings. The fourth-order valence-electron chi connectivity index (χ4n) is 6.04. The number of amides is 1. The zero-order valence-electron chi connectivity index (χ0n) is 26.1. The van der Waals surface area contributed by atoms with Crippen LogP contribution in [0.5, 0.6) is 0 Å². The van der Waals surface area contributed by atoms with Crippen molar-refractivity contribution >= 4 is 48.6 Å². The van der Waals surface area contributed by atoms with Crippen molar-refractivity contribution in [3.63, 3.8) is 0 Å². The average molecular weight is 728 g/mol. The highest BCUT2D eigenvalue weighted by molar-refractivity contribution is 7.92. The molecule has 0 aromatic heterocycles. The Kier molecular flexibility index (Phi) is 10.0. The first kappa shape index (κ1) is 35.8. The highest BCUT2D eigenvalue weighted by Gasteiger charge is 2.48. The summed E-state index contributed by atoms with van der Waals surface area (Å²) < 4.78 is 103. The third-order valence-corrected chi connectivity index (χ3v) is 11.8. The molecule has 0 bridgehead atoms. The molecule has 48 heavy (non-hydrogen) atoms. The molecule has 0 radical (unpaired) electrons. The first-order valence-corrected chi connectivity index (χ1v) is 18.4. The molecule has 0 saturated carbocycles. The summed E-state index contributed by atoms with van der Waals surface area (Å²) >= 11 is 6.13. The van der Waals surface area contributed by atoms with Crippen LogP contribution >= 0.6 is 11.6 Å². The number of allylic oxidation sites excluding steroid dienone is 1. The maximum Gasteiger partial charge on any atom is 0.502 e. The number of alkyl halides is 3. The Morgan fingerprint density at radius 1 is 0.917 bits per heavy atom. The Balaban J connectivity index is 1.22. The number of hydrogen-bond donors (Lipinski definition) is 1. The first-order valence-electron chi connectivity index (χ1n) is 15.1. The highest BCUT2D eigenvalue weighted by Crippen LogP contribution is 2.43. The lowest BCUT2D eigenvalue weighted by Gasteiger charge is -2.39. The molecule has 15 heteroatoms. The number of anilines is 1. The van der Waals surface area contributed by atoms with E-state index in [1.54, 1.807) is 16.9 Å². The van der Waals surface area contributed by atoms with Gasteiger partial charge in [-0.15, -0.1) is 0 Å². The van der Waals surface area contributed by atoms with Crippen molar-refractivity contribution in [2.75, 3.05) is 37.6 Å². The van der Waals surface area contributed by atoms with Gasteiger partial charge in [0.05, 0.1) is 4.90 Å². The summed E-state index contributed by atoms with van der Waals surface area (Å²) in [6.07, 6.45) is 3.14. The number of carbonyl (C=O) groups is 1. The Labute approximate surface area is 282 Å². The van der Waals surface area contributed by atoms with Crippen molar-refractivity contribution in [3.8, 4) is 0 Å². The summed E-state index contributed by atoms with van der Waals surface area (Å²) in [6.45, 7) is 8.52. The third kappa shape index (κ3) is 7.88. The fraction of sp³-hybridized carbons (Fsp3) is 0.364. The molecule has 3 aromatic carbocycles. The quantitative estimate of drug-likeness (QED) is 0.259. The van der Waals surface area contributed by atoms with Crippen LogP contribution in [0.2, 0.25) is 5.02 Å². The van der Waals surface area contributed by atoms with Crippen molar-refractivity contribution in [2.45, 2.75) is 48.4 Å². The van der Waals surface area contributed by atoms with Crippen LogP contribution in [0.25, 0.3) is 5.57 Å². The van der Waals surface area contributed by atoms with Crippen LogP contribution in [0, 0.1) is 11.2 Å². The number of benzene rings is 3. The Morgan fingerprint density at radius 2 is 1.54 bits per heavy atom. The van der Waals surface area contributed by atoms with E-state index in [0.717, 1.165) is 57.7 Å². The predicted octanol–water partition coefficient (Wildman–Crippen LogP) is 6.68. The van der Waals surface area contributed by atoms with Crippen molar-refractivity contribution < 1.29 is 39.2 Å². The van der Waals surface area contributed by atoms with Gasteiger partial charge in [-0.2, -0.15) is 13.2 Å². The molecule has 1 heterocycles. The molecule has 1 amide bonds. The molecule has 1 aliphatic carbocycles. The van der Waals surface area contributed by atoms with Crippen molar-refractivity contribution in [1.29, 1.82) is 0 Å². The summed E-state index contributed by atoms with van der Waals surface area (Å²) in [5.74, 6) is -2.89. The number of piperazine rings is 1. The number of sulfone groups is 1. The number of halogens is 5. The van der Waals surface area contributed by atoms with Crippen molar-refractivity contribution in [1.82, 2.24) is 9.62 Å². The molecule has 0 unspecified atom stereocenters. The summed E-state index contributed by atoms with van der Waals surface area (Å²) in [7, 11) is -11.0. The monoisotopic (exact) mass is 727 g/mol. The second-order valence-electron chi connectivity index (χ2n) is 12.7.